The minimum absolute atomic E-state index is 0.750. The van der Waals surface area contributed by atoms with Crippen LogP contribution in [0, 0.1) is 3.57 Å². The molecule has 0 N–H and O–H groups in total. The predicted octanol–water partition coefficient (Wildman–Crippen LogP) is 9.46. The van der Waals surface area contributed by atoms with Gasteiger partial charge in [-0.25, -0.2) is 19.9 Å². The number of ether oxygens (including phenoxy) is 2. The van der Waals surface area contributed by atoms with Gasteiger partial charge in [-0.1, -0.05) is 37.1 Å². The van der Waals surface area contributed by atoms with Gasteiger partial charge in [0.05, 0.1) is 14.2 Å². The lowest BCUT2D eigenvalue weighted by atomic mass is 10.2. The molecule has 0 unspecified atom stereocenters. The first-order valence-corrected chi connectivity index (χ1v) is 22.9. The second kappa shape index (κ2) is 20.9. The van der Waals surface area contributed by atoms with Crippen LogP contribution in [0.5, 0.6) is 11.5 Å². The molecule has 6 aromatic rings. The maximum atomic E-state index is 5.41. The van der Waals surface area contributed by atoms with Crippen LogP contribution in [-0.2, 0) is 25.7 Å². The van der Waals surface area contributed by atoms with Gasteiger partial charge in [0.1, 0.15) is 34.5 Å². The van der Waals surface area contributed by atoms with Gasteiger partial charge in [-0.2, -0.15) is 0 Å². The van der Waals surface area contributed by atoms with Crippen LogP contribution < -0.4 is 24.2 Å². The summed E-state index contributed by atoms with van der Waals surface area (Å²) in [7, 11) is 3.39. The lowest BCUT2D eigenvalue weighted by molar-refractivity contribution is 0.414. The fourth-order valence-electron chi connectivity index (χ4n) is 8.64. The number of aryl methyl sites for hydroxylation is 2. The van der Waals surface area contributed by atoms with E-state index >= 15 is 0 Å². The molecule has 4 aromatic heterocycles. The van der Waals surface area contributed by atoms with E-state index in [1.54, 1.807) is 14.2 Å². The second-order valence-corrected chi connectivity index (χ2v) is 17.1. The van der Waals surface area contributed by atoms with Gasteiger partial charge in [0.15, 0.2) is 11.6 Å². The van der Waals surface area contributed by atoms with E-state index in [0.717, 1.165) is 118 Å². The zero-order valence-electron chi connectivity index (χ0n) is 35.5. The van der Waals surface area contributed by atoms with Gasteiger partial charge >= 0.3 is 0 Å². The van der Waals surface area contributed by atoms with E-state index in [1.807, 2.05) is 79.1 Å². The second-order valence-electron chi connectivity index (χ2n) is 15.8. The summed E-state index contributed by atoms with van der Waals surface area (Å²) < 4.78 is 11.6. The Morgan fingerprint density at radius 1 is 0.475 bits per heavy atom. The Morgan fingerprint density at radius 3 is 1.54 bits per heavy atom. The van der Waals surface area contributed by atoms with Crippen LogP contribution >= 0.6 is 22.6 Å². The fourth-order valence-corrected chi connectivity index (χ4v) is 9.15. The molecule has 0 saturated carbocycles. The van der Waals surface area contributed by atoms with Crippen molar-refractivity contribution in [3.05, 3.63) is 123 Å². The summed E-state index contributed by atoms with van der Waals surface area (Å²) in [5.74, 6) is 5.67. The lowest BCUT2D eigenvalue weighted by Crippen LogP contribution is -2.32. The highest BCUT2D eigenvalue weighted by Gasteiger charge is 2.27. The van der Waals surface area contributed by atoms with Crippen molar-refractivity contribution in [2.45, 2.75) is 70.6 Å². The number of hydrogen-bond acceptors (Lipinski definition) is 11. The molecule has 0 radical (unpaired) electrons. The van der Waals surface area contributed by atoms with Crippen molar-refractivity contribution in [1.29, 1.82) is 0 Å². The first-order chi connectivity index (χ1) is 30.1. The summed E-state index contributed by atoms with van der Waals surface area (Å²) >= 11 is 2.25. The maximum Gasteiger partial charge on any atom is 0.180 e. The van der Waals surface area contributed by atoms with Crippen LogP contribution in [0.25, 0.3) is 23.0 Å². The molecular weight excluding hydrogens is 874 g/mol. The molecule has 11 nitrogen and oxygen atoms in total. The van der Waals surface area contributed by atoms with Gasteiger partial charge in [-0.15, -0.1) is 0 Å². The van der Waals surface area contributed by atoms with Crippen molar-refractivity contribution < 1.29 is 9.47 Å². The normalized spacial score (nSPS) is 15.9. The molecule has 316 valence electrons. The van der Waals surface area contributed by atoms with Gasteiger partial charge < -0.3 is 24.2 Å². The van der Waals surface area contributed by atoms with Gasteiger partial charge in [-0.05, 0) is 135 Å². The van der Waals surface area contributed by atoms with Crippen LogP contribution in [0.4, 0.5) is 17.3 Å². The van der Waals surface area contributed by atoms with E-state index in [4.69, 9.17) is 29.4 Å². The zero-order valence-corrected chi connectivity index (χ0v) is 37.6. The number of halogens is 1. The van der Waals surface area contributed by atoms with Gasteiger partial charge in [0, 0.05) is 89.5 Å². The number of pyridine rings is 2. The third-order valence-electron chi connectivity index (χ3n) is 11.8. The fraction of sp³-hybridized carbons (Fsp3) is 0.388. The molecule has 2 aromatic carbocycles. The summed E-state index contributed by atoms with van der Waals surface area (Å²) in [5, 5.41) is 0. The van der Waals surface area contributed by atoms with Crippen LogP contribution in [0.2, 0.25) is 0 Å². The van der Waals surface area contributed by atoms with E-state index in [2.05, 4.69) is 65.5 Å². The molecule has 2 saturated heterocycles. The molecule has 0 atom stereocenters. The number of fused-ring (bicyclic) bond motifs is 2. The van der Waals surface area contributed by atoms with Gasteiger partial charge in [-0.3, -0.25) is 9.97 Å². The average molecular weight is 930 g/mol. The summed E-state index contributed by atoms with van der Waals surface area (Å²) in [6.45, 7) is 6.21. The highest BCUT2D eigenvalue weighted by molar-refractivity contribution is 14.1. The largest absolute Gasteiger partial charge is 0.497 e. The molecule has 2 aliphatic carbocycles. The standard InChI is InChI=1S/C24H27N5O.C18H22N4.C7H7IO/c1-30-19-8-4-7-18(17-19)28-13-6-14-29(16-15-28)24-20-9-5-11-21(20)26-23(27-24)22-10-2-3-12-25-22;1-2-6-13-22(12-5-1)18-14-8-7-10-15(14)20-17(21-18)16-9-3-4-11-19-16;1-9-7-4-2-3-6(8)5-7/h2-4,7-8,10,12,17H,5-6,9,11,13-16H2,1H3;3-4,9,11H,1-2,5-8,10,12-13H2;2-5H,1H3. The molecule has 10 rings (SSSR count). The first-order valence-electron chi connectivity index (χ1n) is 21.9. The van der Waals surface area contributed by atoms with E-state index in [-0.39, 0.29) is 0 Å². The Hall–Kier alpha value is -5.37. The van der Waals surface area contributed by atoms with Crippen LogP contribution in [0.3, 0.4) is 0 Å². The van der Waals surface area contributed by atoms with Crippen molar-refractivity contribution >= 4 is 39.9 Å². The van der Waals surface area contributed by atoms with Crippen LogP contribution in [0.1, 0.15) is 67.5 Å². The molecule has 4 aliphatic rings. The van der Waals surface area contributed by atoms with Crippen molar-refractivity contribution in [3.8, 4) is 34.5 Å². The van der Waals surface area contributed by atoms with E-state index in [1.165, 1.54) is 69.7 Å². The Balaban J connectivity index is 0.000000144. The smallest absolute Gasteiger partial charge is 0.180 e. The lowest BCUT2D eigenvalue weighted by Gasteiger charge is -2.26. The molecule has 6 heterocycles. The number of nitrogens with zero attached hydrogens (tertiary/aromatic N) is 9. The zero-order chi connectivity index (χ0) is 41.8. The number of anilines is 3. The van der Waals surface area contributed by atoms with Crippen molar-refractivity contribution in [2.75, 3.05) is 68.2 Å². The van der Waals surface area contributed by atoms with Crippen molar-refractivity contribution in [3.63, 3.8) is 0 Å². The highest BCUT2D eigenvalue weighted by atomic mass is 127. The van der Waals surface area contributed by atoms with Crippen LogP contribution in [0.15, 0.2) is 97.3 Å². The minimum Gasteiger partial charge on any atom is -0.497 e. The minimum atomic E-state index is 0.750. The monoisotopic (exact) mass is 929 g/mol. The number of methoxy groups -OCH3 is 2. The van der Waals surface area contributed by atoms with Crippen LogP contribution in [-0.4, -0.2) is 83.4 Å². The topological polar surface area (TPSA) is 106 Å². The third kappa shape index (κ3) is 10.8. The molecule has 0 spiro atoms. The van der Waals surface area contributed by atoms with E-state index in [0.29, 0.717) is 0 Å². The number of benzene rings is 2. The van der Waals surface area contributed by atoms with Gasteiger partial charge in [0.2, 0.25) is 0 Å². The van der Waals surface area contributed by atoms with Gasteiger partial charge in [0.25, 0.3) is 0 Å². The Labute approximate surface area is 374 Å². The molecule has 0 amide bonds. The summed E-state index contributed by atoms with van der Waals surface area (Å²) in [4.78, 5) is 35.9. The first kappa shape index (κ1) is 42.3. The third-order valence-corrected chi connectivity index (χ3v) is 12.4. The molecule has 2 fully saturated rings. The summed E-state index contributed by atoms with van der Waals surface area (Å²) in [5.41, 5.74) is 8.13. The average Bonchev–Trinajstić information content (AvgIpc) is 3.83. The molecule has 12 heteroatoms. The molecular formula is C49H56IN9O2. The number of hydrogen-bond donors (Lipinski definition) is 0. The van der Waals surface area contributed by atoms with Crippen molar-refractivity contribution in [1.82, 2.24) is 29.9 Å². The summed E-state index contributed by atoms with van der Waals surface area (Å²) in [6, 6.07) is 28.1. The molecule has 0 bridgehead atoms. The molecule has 2 aliphatic heterocycles. The predicted molar refractivity (Wildman–Crippen MR) is 253 cm³/mol. The summed E-state index contributed by atoms with van der Waals surface area (Å²) in [6.07, 6.45) is 16.6. The number of aromatic nitrogens is 6. The maximum absolute atomic E-state index is 5.41. The Bertz CT molecular complexity index is 2340. The number of rotatable bonds is 7. The molecule has 61 heavy (non-hydrogen) atoms. The van der Waals surface area contributed by atoms with Crippen molar-refractivity contribution in [2.24, 2.45) is 0 Å². The van der Waals surface area contributed by atoms with E-state index < -0.39 is 0 Å². The highest BCUT2D eigenvalue weighted by Crippen LogP contribution is 2.34. The Kier molecular flexibility index (Phi) is 14.5. The van der Waals surface area contributed by atoms with E-state index in [9.17, 15) is 0 Å². The Morgan fingerprint density at radius 2 is 1.00 bits per heavy atom. The quantitative estimate of drug-likeness (QED) is 0.143. The SMILES string of the molecule is COc1cccc(I)c1.COc1cccc(N2CCCN(c3nc(-c4ccccn4)nc4c3CCC4)CC2)c1.c1ccc(-c2nc3c(c(N4CCCCCC4)n2)CCC3)nc1.